The van der Waals surface area contributed by atoms with E-state index in [0.717, 1.165) is 0 Å². The topological polar surface area (TPSA) is 26.3 Å². The van der Waals surface area contributed by atoms with Gasteiger partial charge in [-0.1, -0.05) is 23.2 Å². The molecule has 0 spiro atoms. The average molecular weight is 183 g/mol. The molecule has 0 fully saturated rings. The molecule has 0 aromatic heterocycles. The summed E-state index contributed by atoms with van der Waals surface area (Å²) >= 11 is 10.5. The number of methoxy groups -OCH3 is 1. The van der Waals surface area contributed by atoms with Crippen molar-refractivity contribution in [3.05, 3.63) is 11.8 Å². The summed E-state index contributed by atoms with van der Waals surface area (Å²) in [6.07, 6.45) is 1.25. The molecule has 0 heterocycles. The molecule has 58 valence electrons. The minimum absolute atomic E-state index is 0.359. The Morgan fingerprint density at radius 3 is 2.40 bits per heavy atom. The maximum Gasteiger partial charge on any atom is 0.191 e. The number of ether oxygens (including phenoxy) is 1. The molecule has 0 amide bonds. The fraction of sp³-hybridized carbons (Fsp3) is 0.500. The standard InChI is InChI=1S/C6H8Cl2O2/c1-4(10-2)3-5(9)6(7)8/h3,6H,1-2H3/b4-3+. The van der Waals surface area contributed by atoms with E-state index in [4.69, 9.17) is 27.9 Å². The summed E-state index contributed by atoms with van der Waals surface area (Å²) < 4.78 is 4.69. The van der Waals surface area contributed by atoms with Crippen LogP contribution in [0, 0.1) is 0 Å². The number of carbonyl (C=O) groups excluding carboxylic acids is 1. The summed E-state index contributed by atoms with van der Waals surface area (Å²) in [5.74, 6) is 0.138. The van der Waals surface area contributed by atoms with Crippen molar-refractivity contribution in [2.24, 2.45) is 0 Å². The normalized spacial score (nSPS) is 11.9. The third-order valence-electron chi connectivity index (χ3n) is 0.883. The Hall–Kier alpha value is -0.210. The minimum atomic E-state index is -0.995. The molecule has 0 aliphatic rings. The van der Waals surface area contributed by atoms with Crippen molar-refractivity contribution < 1.29 is 9.53 Å². The van der Waals surface area contributed by atoms with Crippen molar-refractivity contribution in [2.75, 3.05) is 7.11 Å². The Labute approximate surface area is 69.8 Å². The summed E-state index contributed by atoms with van der Waals surface area (Å²) in [6.45, 7) is 1.65. The molecule has 0 aliphatic heterocycles. The van der Waals surface area contributed by atoms with Crippen LogP contribution in [0.1, 0.15) is 6.92 Å². The van der Waals surface area contributed by atoms with Gasteiger partial charge < -0.3 is 4.74 Å². The summed E-state index contributed by atoms with van der Waals surface area (Å²) in [5.41, 5.74) is 0. The van der Waals surface area contributed by atoms with E-state index in [1.54, 1.807) is 6.92 Å². The van der Waals surface area contributed by atoms with Gasteiger partial charge in [0.1, 0.15) is 0 Å². The Morgan fingerprint density at radius 2 is 2.10 bits per heavy atom. The van der Waals surface area contributed by atoms with E-state index in [0.29, 0.717) is 5.76 Å². The lowest BCUT2D eigenvalue weighted by atomic mass is 10.4. The number of hydrogen-bond acceptors (Lipinski definition) is 2. The van der Waals surface area contributed by atoms with Gasteiger partial charge in [-0.3, -0.25) is 4.79 Å². The summed E-state index contributed by atoms with van der Waals surface area (Å²) in [7, 11) is 1.47. The van der Waals surface area contributed by atoms with E-state index < -0.39 is 4.84 Å². The van der Waals surface area contributed by atoms with Crippen molar-refractivity contribution in [2.45, 2.75) is 11.8 Å². The molecule has 0 atom stereocenters. The van der Waals surface area contributed by atoms with Crippen LogP contribution in [-0.4, -0.2) is 17.7 Å². The zero-order valence-electron chi connectivity index (χ0n) is 5.73. The molecule has 0 N–H and O–H groups in total. The van der Waals surface area contributed by atoms with E-state index in [1.165, 1.54) is 13.2 Å². The van der Waals surface area contributed by atoms with Crippen molar-refractivity contribution >= 4 is 29.0 Å². The molecule has 10 heavy (non-hydrogen) atoms. The highest BCUT2D eigenvalue weighted by Crippen LogP contribution is 2.05. The fourth-order valence-electron chi connectivity index (χ4n) is 0.322. The van der Waals surface area contributed by atoms with E-state index >= 15 is 0 Å². The molecule has 4 heteroatoms. The third kappa shape index (κ3) is 3.75. The van der Waals surface area contributed by atoms with Gasteiger partial charge in [0.2, 0.25) is 0 Å². The summed E-state index contributed by atoms with van der Waals surface area (Å²) in [5, 5.41) is 0. The van der Waals surface area contributed by atoms with Gasteiger partial charge in [0.15, 0.2) is 10.6 Å². The first-order valence-corrected chi connectivity index (χ1v) is 3.49. The molecule has 0 saturated heterocycles. The first kappa shape index (κ1) is 9.79. The van der Waals surface area contributed by atoms with Crippen molar-refractivity contribution in [3.63, 3.8) is 0 Å². The zero-order chi connectivity index (χ0) is 8.15. The predicted molar refractivity (Wildman–Crippen MR) is 41.3 cm³/mol. The van der Waals surface area contributed by atoms with Crippen LogP contribution in [0.5, 0.6) is 0 Å². The highest BCUT2D eigenvalue weighted by atomic mass is 35.5. The number of alkyl halides is 2. The van der Waals surface area contributed by atoms with Gasteiger partial charge in [-0.15, -0.1) is 0 Å². The van der Waals surface area contributed by atoms with Gasteiger partial charge in [-0.25, -0.2) is 0 Å². The minimum Gasteiger partial charge on any atom is -0.501 e. The second-order valence-corrected chi connectivity index (χ2v) is 2.76. The quantitative estimate of drug-likeness (QED) is 0.379. The largest absolute Gasteiger partial charge is 0.501 e. The Balaban J connectivity index is 4.00. The maximum atomic E-state index is 10.7. The van der Waals surface area contributed by atoms with Crippen LogP contribution >= 0.6 is 23.2 Å². The van der Waals surface area contributed by atoms with E-state index in [1.807, 2.05) is 0 Å². The van der Waals surface area contributed by atoms with Gasteiger partial charge >= 0.3 is 0 Å². The van der Waals surface area contributed by atoms with Crippen molar-refractivity contribution in [1.29, 1.82) is 0 Å². The SMILES string of the molecule is CO/C(C)=C/C(=O)C(Cl)Cl. The van der Waals surface area contributed by atoms with Crippen LogP contribution < -0.4 is 0 Å². The van der Waals surface area contributed by atoms with E-state index in [9.17, 15) is 4.79 Å². The fourth-order valence-corrected chi connectivity index (χ4v) is 0.448. The highest BCUT2D eigenvalue weighted by Gasteiger charge is 2.07. The van der Waals surface area contributed by atoms with Crippen LogP contribution in [0.25, 0.3) is 0 Å². The number of rotatable bonds is 3. The number of carbonyl (C=O) groups is 1. The Kier molecular flexibility index (Phi) is 4.49. The predicted octanol–water partition coefficient (Wildman–Crippen LogP) is 1.91. The Bertz CT molecular complexity index is 152. The second-order valence-electron chi connectivity index (χ2n) is 1.66. The molecule has 0 radical (unpaired) electrons. The van der Waals surface area contributed by atoms with Crippen LogP contribution in [0.2, 0.25) is 0 Å². The molecule has 0 saturated carbocycles. The smallest absolute Gasteiger partial charge is 0.191 e. The van der Waals surface area contributed by atoms with Crippen LogP contribution in [0.3, 0.4) is 0 Å². The molecule has 0 rings (SSSR count). The molecule has 0 unspecified atom stereocenters. The van der Waals surface area contributed by atoms with E-state index in [2.05, 4.69) is 0 Å². The lowest BCUT2D eigenvalue weighted by molar-refractivity contribution is -0.113. The number of hydrogen-bond donors (Lipinski definition) is 0. The summed E-state index contributed by atoms with van der Waals surface area (Å²) in [4.78, 5) is 9.70. The molecule has 0 aromatic rings. The molecule has 0 bridgehead atoms. The number of ketones is 1. The maximum absolute atomic E-state index is 10.7. The zero-order valence-corrected chi connectivity index (χ0v) is 7.24. The lowest BCUT2D eigenvalue weighted by Gasteiger charge is -1.97. The van der Waals surface area contributed by atoms with Gasteiger partial charge in [0.05, 0.1) is 12.9 Å². The van der Waals surface area contributed by atoms with Gasteiger partial charge in [0, 0.05) is 6.08 Å². The first-order valence-electron chi connectivity index (χ1n) is 2.62. The number of halogens is 2. The molecule has 0 aromatic carbocycles. The highest BCUT2D eigenvalue weighted by molar-refractivity contribution is 6.54. The van der Waals surface area contributed by atoms with Gasteiger partial charge in [-0.05, 0) is 6.92 Å². The monoisotopic (exact) mass is 182 g/mol. The summed E-state index contributed by atoms with van der Waals surface area (Å²) in [6, 6.07) is 0. The van der Waals surface area contributed by atoms with E-state index in [-0.39, 0.29) is 5.78 Å². The van der Waals surface area contributed by atoms with Gasteiger partial charge in [0.25, 0.3) is 0 Å². The molecule has 2 nitrogen and oxygen atoms in total. The van der Waals surface area contributed by atoms with Crippen LogP contribution in [0.4, 0.5) is 0 Å². The molecular formula is C6H8Cl2O2. The van der Waals surface area contributed by atoms with Crippen molar-refractivity contribution in [3.8, 4) is 0 Å². The van der Waals surface area contributed by atoms with Crippen LogP contribution in [0.15, 0.2) is 11.8 Å². The lowest BCUT2D eigenvalue weighted by Crippen LogP contribution is -2.04. The molecular weight excluding hydrogens is 175 g/mol. The second kappa shape index (κ2) is 4.58. The third-order valence-corrected chi connectivity index (χ3v) is 1.31. The van der Waals surface area contributed by atoms with Crippen molar-refractivity contribution in [1.82, 2.24) is 0 Å². The molecule has 0 aliphatic carbocycles. The first-order chi connectivity index (χ1) is 4.57. The van der Waals surface area contributed by atoms with Gasteiger partial charge in [-0.2, -0.15) is 0 Å². The average Bonchev–Trinajstić information content (AvgIpc) is 1.87. The number of allylic oxidation sites excluding steroid dienone is 2. The Morgan fingerprint density at radius 1 is 1.60 bits per heavy atom. The van der Waals surface area contributed by atoms with Crippen LogP contribution in [-0.2, 0) is 9.53 Å².